The summed E-state index contributed by atoms with van der Waals surface area (Å²) in [7, 11) is 2.75. The van der Waals surface area contributed by atoms with Gasteiger partial charge in [-0.25, -0.2) is 9.36 Å². The second kappa shape index (κ2) is 6.72. The number of aromatic nitrogens is 5. The van der Waals surface area contributed by atoms with Gasteiger partial charge in [0.05, 0.1) is 12.8 Å². The van der Waals surface area contributed by atoms with Crippen molar-refractivity contribution in [1.29, 1.82) is 0 Å². The maximum Gasteiger partial charge on any atom is 0.333 e. The quantitative estimate of drug-likeness (QED) is 0.479. The zero-order chi connectivity index (χ0) is 21.9. The number of hydrogen-bond acceptors (Lipinski definition) is 5. The number of rotatable bonds is 3. The Morgan fingerprint density at radius 1 is 1.10 bits per heavy atom. The molecule has 0 aliphatic rings. The average Bonchev–Trinajstić information content (AvgIpc) is 3.21. The third kappa shape index (κ3) is 2.62. The predicted octanol–water partition coefficient (Wildman–Crippen LogP) is 1.55. The molecule has 3 aromatic heterocycles. The van der Waals surface area contributed by atoms with Gasteiger partial charge in [0, 0.05) is 18.4 Å². The molecule has 0 spiro atoms. The smallest absolute Gasteiger partial charge is 0.333 e. The predicted molar refractivity (Wildman–Crippen MR) is 112 cm³/mol. The van der Waals surface area contributed by atoms with Gasteiger partial charge in [0.25, 0.3) is 5.56 Å². The highest BCUT2D eigenvalue weighted by Gasteiger charge is 2.24. The molecule has 0 radical (unpaired) electrons. The van der Waals surface area contributed by atoms with Crippen LogP contribution in [0.2, 0.25) is 0 Å². The third-order valence-electron chi connectivity index (χ3n) is 5.64. The lowest BCUT2D eigenvalue weighted by atomic mass is 10.1. The van der Waals surface area contributed by atoms with Crippen molar-refractivity contribution < 1.29 is 9.53 Å². The van der Waals surface area contributed by atoms with Gasteiger partial charge in [-0.2, -0.15) is 4.98 Å². The third-order valence-corrected chi connectivity index (χ3v) is 5.64. The maximum absolute atomic E-state index is 13.2. The van der Waals surface area contributed by atoms with E-state index in [2.05, 4.69) is 15.8 Å². The highest BCUT2D eigenvalue weighted by molar-refractivity contribution is 5.78. The molecule has 0 saturated heterocycles. The Kier molecular flexibility index (Phi) is 4.41. The minimum atomic E-state index is -0.671. The first-order chi connectivity index (χ1) is 14.2. The standard InChI is InChI=1S/C21H23N5O4/c1-11-7-8-12(2)15(9-11)25-13(3)14(4)26-17-18(22-20(25)26)23(5)21(29)24(19(17)28)10-16(27)30-6/h7-9H,10H2,1-6H3. The SMILES string of the molecule is COC(=O)Cn1c(=O)c2c(nc3n(-c4cc(C)ccc4C)c(C)c(C)n23)n(C)c1=O. The Morgan fingerprint density at radius 2 is 1.80 bits per heavy atom. The summed E-state index contributed by atoms with van der Waals surface area (Å²) in [5.74, 6) is -0.133. The van der Waals surface area contributed by atoms with Crippen molar-refractivity contribution in [2.75, 3.05) is 7.11 Å². The molecule has 4 aromatic rings. The van der Waals surface area contributed by atoms with E-state index in [4.69, 9.17) is 0 Å². The van der Waals surface area contributed by atoms with Crippen LogP contribution in [0.4, 0.5) is 0 Å². The molecule has 0 amide bonds. The first-order valence-corrected chi connectivity index (χ1v) is 9.51. The molecular weight excluding hydrogens is 386 g/mol. The van der Waals surface area contributed by atoms with Gasteiger partial charge in [0.2, 0.25) is 5.78 Å². The van der Waals surface area contributed by atoms with Gasteiger partial charge in [-0.3, -0.25) is 23.1 Å². The Bertz CT molecular complexity index is 1470. The first kappa shape index (κ1) is 19.7. The van der Waals surface area contributed by atoms with Crippen molar-refractivity contribution in [3.63, 3.8) is 0 Å². The highest BCUT2D eigenvalue weighted by atomic mass is 16.5. The van der Waals surface area contributed by atoms with Crippen LogP contribution >= 0.6 is 0 Å². The van der Waals surface area contributed by atoms with Crippen molar-refractivity contribution >= 4 is 22.9 Å². The number of aryl methyl sites for hydroxylation is 4. The van der Waals surface area contributed by atoms with Crippen LogP contribution < -0.4 is 11.2 Å². The van der Waals surface area contributed by atoms with E-state index in [1.807, 2.05) is 44.4 Å². The largest absolute Gasteiger partial charge is 0.468 e. The van der Waals surface area contributed by atoms with Crippen LogP contribution in [-0.4, -0.2) is 36.2 Å². The van der Waals surface area contributed by atoms with Gasteiger partial charge in [-0.1, -0.05) is 12.1 Å². The Balaban J connectivity index is 2.17. The lowest BCUT2D eigenvalue weighted by Crippen LogP contribution is -2.41. The van der Waals surface area contributed by atoms with Crippen LogP contribution in [0.1, 0.15) is 22.5 Å². The summed E-state index contributed by atoms with van der Waals surface area (Å²) in [4.78, 5) is 42.4. The average molecular weight is 409 g/mol. The van der Waals surface area contributed by atoms with E-state index in [-0.39, 0.29) is 11.2 Å². The van der Waals surface area contributed by atoms with E-state index < -0.39 is 23.8 Å². The monoisotopic (exact) mass is 409 g/mol. The topological polar surface area (TPSA) is 92.5 Å². The maximum atomic E-state index is 13.2. The van der Waals surface area contributed by atoms with Gasteiger partial charge >= 0.3 is 11.7 Å². The summed E-state index contributed by atoms with van der Waals surface area (Å²) in [5.41, 5.74) is 4.20. The molecule has 9 nitrogen and oxygen atoms in total. The second-order valence-corrected chi connectivity index (χ2v) is 7.52. The first-order valence-electron chi connectivity index (χ1n) is 9.51. The van der Waals surface area contributed by atoms with Crippen molar-refractivity contribution in [3.05, 3.63) is 61.6 Å². The normalized spacial score (nSPS) is 11.5. The Morgan fingerprint density at radius 3 is 2.47 bits per heavy atom. The van der Waals surface area contributed by atoms with Crippen molar-refractivity contribution in [3.8, 4) is 5.69 Å². The van der Waals surface area contributed by atoms with Gasteiger partial charge in [0.15, 0.2) is 11.2 Å². The number of carbonyl (C=O) groups is 1. The van der Waals surface area contributed by atoms with Crippen LogP contribution in [-0.2, 0) is 23.1 Å². The van der Waals surface area contributed by atoms with E-state index in [0.29, 0.717) is 5.78 Å². The fraction of sp³-hybridized carbons (Fsp3) is 0.333. The van der Waals surface area contributed by atoms with Crippen molar-refractivity contribution in [1.82, 2.24) is 23.1 Å². The number of carbonyl (C=O) groups excluding carboxylic acids is 1. The number of methoxy groups -OCH3 is 1. The molecule has 0 N–H and O–H groups in total. The lowest BCUT2D eigenvalue weighted by Gasteiger charge is -2.11. The lowest BCUT2D eigenvalue weighted by molar-refractivity contribution is -0.141. The number of benzene rings is 1. The Labute approximate surface area is 171 Å². The van der Waals surface area contributed by atoms with Crippen molar-refractivity contribution in [2.45, 2.75) is 34.2 Å². The van der Waals surface area contributed by atoms with Crippen LogP contribution in [0.3, 0.4) is 0 Å². The summed E-state index contributed by atoms with van der Waals surface area (Å²) in [6.45, 7) is 7.44. The van der Waals surface area contributed by atoms with Gasteiger partial charge in [0.1, 0.15) is 6.54 Å². The molecule has 9 heteroatoms. The van der Waals surface area contributed by atoms with Gasteiger partial charge in [-0.05, 0) is 44.9 Å². The number of nitrogens with zero attached hydrogens (tertiary/aromatic N) is 5. The summed E-state index contributed by atoms with van der Waals surface area (Å²) < 4.78 is 10.6. The summed E-state index contributed by atoms with van der Waals surface area (Å²) >= 11 is 0. The number of fused-ring (bicyclic) bond motifs is 3. The number of ether oxygens (including phenoxy) is 1. The minimum Gasteiger partial charge on any atom is -0.468 e. The molecule has 156 valence electrons. The van der Waals surface area contributed by atoms with Crippen molar-refractivity contribution in [2.24, 2.45) is 7.05 Å². The fourth-order valence-electron chi connectivity index (χ4n) is 3.83. The molecule has 0 saturated carbocycles. The molecule has 0 bridgehead atoms. The zero-order valence-corrected chi connectivity index (χ0v) is 17.8. The van der Waals surface area contributed by atoms with E-state index in [1.165, 1.54) is 18.7 Å². The zero-order valence-electron chi connectivity index (χ0n) is 17.8. The minimum absolute atomic E-state index is 0.251. The number of imidazole rings is 2. The van der Waals surface area contributed by atoms with E-state index in [0.717, 1.165) is 32.8 Å². The van der Waals surface area contributed by atoms with E-state index >= 15 is 0 Å². The van der Waals surface area contributed by atoms with Crippen LogP contribution in [0.25, 0.3) is 22.6 Å². The highest BCUT2D eigenvalue weighted by Crippen LogP contribution is 2.26. The molecular formula is C21H23N5O4. The van der Waals surface area contributed by atoms with Gasteiger partial charge < -0.3 is 4.74 Å². The molecule has 4 rings (SSSR count). The molecule has 3 heterocycles. The fourth-order valence-corrected chi connectivity index (χ4v) is 3.83. The summed E-state index contributed by atoms with van der Waals surface area (Å²) in [5, 5.41) is 0. The number of esters is 1. The second-order valence-electron chi connectivity index (χ2n) is 7.52. The molecule has 0 unspecified atom stereocenters. The summed E-state index contributed by atoms with van der Waals surface area (Å²) in [6.07, 6.45) is 0. The summed E-state index contributed by atoms with van der Waals surface area (Å²) in [6, 6.07) is 6.15. The van der Waals surface area contributed by atoms with Crippen LogP contribution in [0.5, 0.6) is 0 Å². The van der Waals surface area contributed by atoms with Crippen LogP contribution in [0, 0.1) is 27.7 Å². The molecule has 0 aliphatic heterocycles. The molecule has 0 atom stereocenters. The van der Waals surface area contributed by atoms with E-state index in [9.17, 15) is 14.4 Å². The molecule has 0 fully saturated rings. The molecule has 1 aromatic carbocycles. The molecule has 0 aliphatic carbocycles. The van der Waals surface area contributed by atoms with E-state index in [1.54, 1.807) is 4.40 Å². The number of hydrogen-bond donors (Lipinski definition) is 0. The van der Waals surface area contributed by atoms with Crippen LogP contribution in [0.15, 0.2) is 27.8 Å². The Hall–Kier alpha value is -3.62. The van der Waals surface area contributed by atoms with Gasteiger partial charge in [-0.15, -0.1) is 0 Å². The molecule has 30 heavy (non-hydrogen) atoms.